The van der Waals surface area contributed by atoms with Crippen molar-refractivity contribution < 1.29 is 13.3 Å². The van der Waals surface area contributed by atoms with Crippen LogP contribution >= 0.6 is 0 Å². The highest BCUT2D eigenvalue weighted by Crippen LogP contribution is 2.21. The second kappa shape index (κ2) is 10.4. The first kappa shape index (κ1) is 19.6. The highest BCUT2D eigenvalue weighted by Gasteiger charge is 2.49. The fraction of sp³-hybridized carbons (Fsp3) is 0.444. The Morgan fingerprint density at radius 3 is 2.00 bits per heavy atom. The van der Waals surface area contributed by atoms with E-state index in [-0.39, 0.29) is 5.67 Å². The lowest BCUT2D eigenvalue weighted by Gasteiger charge is -2.37. The summed E-state index contributed by atoms with van der Waals surface area (Å²) in [6, 6.07) is 10.2. The SMILES string of the molecule is C=CC(N(C)C=Cc1ccccc1)[Si](OCC)(OCC)OCC. The molecule has 1 unspecified atom stereocenters. The maximum absolute atomic E-state index is 5.98. The maximum Gasteiger partial charge on any atom is 0.528 e. The van der Waals surface area contributed by atoms with Crippen LogP contribution in [0.25, 0.3) is 6.08 Å². The number of rotatable bonds is 11. The summed E-state index contributed by atoms with van der Waals surface area (Å²) in [5.74, 6) is 0. The molecule has 0 saturated heterocycles. The Bertz CT molecular complexity index is 461. The molecule has 0 heterocycles. The van der Waals surface area contributed by atoms with Gasteiger partial charge in [0.2, 0.25) is 0 Å². The minimum absolute atomic E-state index is 0.137. The zero-order chi connectivity index (χ0) is 17.1. The number of likely N-dealkylation sites (N-methyl/N-ethyl adjacent to an activating group) is 1. The zero-order valence-electron chi connectivity index (χ0n) is 14.7. The fourth-order valence-electron chi connectivity index (χ4n) is 2.41. The first-order valence-electron chi connectivity index (χ1n) is 8.13. The highest BCUT2D eigenvalue weighted by atomic mass is 28.4. The molecule has 0 bridgehead atoms. The van der Waals surface area contributed by atoms with Crippen molar-refractivity contribution in [2.24, 2.45) is 0 Å². The monoisotopic (exact) mass is 335 g/mol. The third-order valence-electron chi connectivity index (χ3n) is 3.36. The van der Waals surface area contributed by atoms with E-state index in [0.717, 1.165) is 5.56 Å². The topological polar surface area (TPSA) is 30.9 Å². The molecule has 0 N–H and O–H groups in total. The molecule has 0 amide bonds. The normalized spacial score (nSPS) is 13.2. The molecule has 0 saturated carbocycles. The molecule has 0 aliphatic heterocycles. The van der Waals surface area contributed by atoms with E-state index in [0.29, 0.717) is 19.8 Å². The predicted molar refractivity (Wildman–Crippen MR) is 97.9 cm³/mol. The molecule has 1 aromatic carbocycles. The van der Waals surface area contributed by atoms with E-state index in [4.69, 9.17) is 13.3 Å². The van der Waals surface area contributed by atoms with Crippen LogP contribution in [0.4, 0.5) is 0 Å². The predicted octanol–water partition coefficient (Wildman–Crippen LogP) is 3.73. The van der Waals surface area contributed by atoms with Gasteiger partial charge in [-0.25, -0.2) is 0 Å². The van der Waals surface area contributed by atoms with Crippen LogP contribution in [0, 0.1) is 0 Å². The molecular weight excluding hydrogens is 306 g/mol. The Hall–Kier alpha value is -1.40. The van der Waals surface area contributed by atoms with Gasteiger partial charge in [-0.2, -0.15) is 0 Å². The van der Waals surface area contributed by atoms with Gasteiger partial charge in [-0.3, -0.25) is 0 Å². The number of nitrogens with zero attached hydrogens (tertiary/aromatic N) is 1. The van der Waals surface area contributed by atoms with Gasteiger partial charge >= 0.3 is 8.80 Å². The van der Waals surface area contributed by atoms with E-state index >= 15 is 0 Å². The summed E-state index contributed by atoms with van der Waals surface area (Å²) >= 11 is 0. The quantitative estimate of drug-likeness (QED) is 0.455. The third kappa shape index (κ3) is 5.62. The molecule has 0 aliphatic rings. The van der Waals surface area contributed by atoms with Gasteiger partial charge in [0, 0.05) is 26.9 Å². The van der Waals surface area contributed by atoms with Gasteiger partial charge in [0.05, 0.1) is 0 Å². The summed E-state index contributed by atoms with van der Waals surface area (Å²) in [7, 11) is -0.879. The van der Waals surface area contributed by atoms with Gasteiger partial charge in [0.15, 0.2) is 0 Å². The molecule has 4 nitrogen and oxygen atoms in total. The van der Waals surface area contributed by atoms with Gasteiger partial charge in [-0.1, -0.05) is 36.4 Å². The Morgan fingerprint density at radius 1 is 1.04 bits per heavy atom. The molecule has 0 aromatic heterocycles. The van der Waals surface area contributed by atoms with Gasteiger partial charge in [0.25, 0.3) is 0 Å². The van der Waals surface area contributed by atoms with Crippen LogP contribution in [-0.4, -0.2) is 46.2 Å². The highest BCUT2D eigenvalue weighted by molar-refractivity contribution is 6.63. The lowest BCUT2D eigenvalue weighted by Crippen LogP contribution is -2.60. The van der Waals surface area contributed by atoms with E-state index in [1.54, 1.807) is 0 Å². The first-order chi connectivity index (χ1) is 11.1. The van der Waals surface area contributed by atoms with Crippen LogP contribution in [0.15, 0.2) is 49.2 Å². The molecule has 1 aromatic rings. The first-order valence-corrected chi connectivity index (χ1v) is 9.93. The minimum atomic E-state index is -2.87. The lowest BCUT2D eigenvalue weighted by molar-refractivity contribution is 0.0536. The summed E-state index contributed by atoms with van der Waals surface area (Å²) in [5.41, 5.74) is 1.00. The fourth-order valence-corrected chi connectivity index (χ4v) is 5.25. The van der Waals surface area contributed by atoms with Crippen LogP contribution in [0.1, 0.15) is 26.3 Å². The molecule has 128 valence electrons. The second-order valence-corrected chi connectivity index (χ2v) is 7.64. The van der Waals surface area contributed by atoms with E-state index < -0.39 is 8.80 Å². The van der Waals surface area contributed by atoms with Crippen molar-refractivity contribution in [1.82, 2.24) is 4.90 Å². The van der Waals surface area contributed by atoms with E-state index in [1.165, 1.54) is 0 Å². The molecule has 1 atom stereocenters. The van der Waals surface area contributed by atoms with Crippen LogP contribution in [0.3, 0.4) is 0 Å². The van der Waals surface area contributed by atoms with Crippen molar-refractivity contribution in [2.45, 2.75) is 26.4 Å². The summed E-state index contributed by atoms with van der Waals surface area (Å²) < 4.78 is 18.0. The van der Waals surface area contributed by atoms with Crippen molar-refractivity contribution in [2.75, 3.05) is 26.9 Å². The van der Waals surface area contributed by atoms with Gasteiger partial charge in [0.1, 0.15) is 5.67 Å². The number of benzene rings is 1. The standard InChI is InChI=1S/C18H29NO3Si/c1-6-18(23(20-7-2,21-8-3)22-9-4)19(5)16-15-17-13-11-10-12-14-17/h6,10-16,18H,1,7-9H2,2-5H3. The van der Waals surface area contributed by atoms with Crippen LogP contribution in [-0.2, 0) is 13.3 Å². The van der Waals surface area contributed by atoms with Crippen molar-refractivity contribution >= 4 is 14.9 Å². The summed E-state index contributed by atoms with van der Waals surface area (Å²) in [6.45, 7) is 11.5. The molecule has 5 heteroatoms. The van der Waals surface area contributed by atoms with Gasteiger partial charge in [-0.15, -0.1) is 6.58 Å². The van der Waals surface area contributed by atoms with Crippen molar-refractivity contribution in [3.8, 4) is 0 Å². The van der Waals surface area contributed by atoms with Crippen LogP contribution in [0.2, 0.25) is 0 Å². The molecule has 0 aliphatic carbocycles. The van der Waals surface area contributed by atoms with Crippen LogP contribution in [0.5, 0.6) is 0 Å². The minimum Gasteiger partial charge on any atom is -0.372 e. The summed E-state index contributed by atoms with van der Waals surface area (Å²) in [6.07, 6.45) is 5.92. The Kier molecular flexibility index (Phi) is 8.87. The second-order valence-electron chi connectivity index (χ2n) is 4.98. The molecule has 0 fully saturated rings. The van der Waals surface area contributed by atoms with Gasteiger partial charge in [-0.05, 0) is 38.6 Å². The summed E-state index contributed by atoms with van der Waals surface area (Å²) in [5, 5.41) is 0. The average Bonchev–Trinajstić information content (AvgIpc) is 2.55. The Balaban J connectivity index is 2.99. The molecule has 1 rings (SSSR count). The largest absolute Gasteiger partial charge is 0.528 e. The number of hydrogen-bond donors (Lipinski definition) is 0. The van der Waals surface area contributed by atoms with E-state index in [1.807, 2.05) is 63.2 Å². The Morgan fingerprint density at radius 2 is 1.57 bits per heavy atom. The molecule has 0 spiro atoms. The molecule has 23 heavy (non-hydrogen) atoms. The zero-order valence-corrected chi connectivity index (χ0v) is 15.7. The van der Waals surface area contributed by atoms with Gasteiger partial charge < -0.3 is 18.2 Å². The van der Waals surface area contributed by atoms with E-state index in [9.17, 15) is 0 Å². The average molecular weight is 336 g/mol. The summed E-state index contributed by atoms with van der Waals surface area (Å²) in [4.78, 5) is 2.05. The number of hydrogen-bond acceptors (Lipinski definition) is 4. The Labute approximate surface area is 141 Å². The van der Waals surface area contributed by atoms with E-state index in [2.05, 4.69) is 24.8 Å². The third-order valence-corrected chi connectivity index (χ3v) is 6.80. The smallest absolute Gasteiger partial charge is 0.372 e. The molecule has 0 radical (unpaired) electrons. The van der Waals surface area contributed by atoms with Crippen molar-refractivity contribution in [1.29, 1.82) is 0 Å². The van der Waals surface area contributed by atoms with Crippen LogP contribution < -0.4 is 0 Å². The molecular formula is C18H29NO3Si. The lowest BCUT2D eigenvalue weighted by atomic mass is 10.2. The van der Waals surface area contributed by atoms with Crippen molar-refractivity contribution in [3.05, 3.63) is 54.8 Å². The maximum atomic E-state index is 5.98. The van der Waals surface area contributed by atoms with Crippen molar-refractivity contribution in [3.63, 3.8) is 0 Å².